The zero-order valence-corrected chi connectivity index (χ0v) is 17.8. The molecule has 0 saturated heterocycles. The fourth-order valence-corrected chi connectivity index (χ4v) is 4.41. The number of hydrogen-bond acceptors (Lipinski definition) is 5. The van der Waals surface area contributed by atoms with Gasteiger partial charge in [-0.15, -0.1) is 15.3 Å². The van der Waals surface area contributed by atoms with Crippen LogP contribution in [-0.4, -0.2) is 31.2 Å². The van der Waals surface area contributed by atoms with Crippen LogP contribution in [-0.2, 0) is 18.8 Å². The molecule has 29 heavy (non-hydrogen) atoms. The van der Waals surface area contributed by atoms with Crippen molar-refractivity contribution < 1.29 is 4.74 Å². The van der Waals surface area contributed by atoms with E-state index in [2.05, 4.69) is 76.2 Å². The van der Waals surface area contributed by atoms with Crippen molar-refractivity contribution in [2.45, 2.75) is 44.8 Å². The molecule has 0 atom stereocenters. The summed E-state index contributed by atoms with van der Waals surface area (Å²) in [5.41, 5.74) is 2.19. The summed E-state index contributed by atoms with van der Waals surface area (Å²) in [6.07, 6.45) is 1.99. The summed E-state index contributed by atoms with van der Waals surface area (Å²) in [6, 6.07) is 14.9. The molecule has 0 fully saturated rings. The second-order valence-corrected chi connectivity index (χ2v) is 7.56. The van der Waals surface area contributed by atoms with Crippen molar-refractivity contribution in [3.8, 4) is 17.3 Å². The van der Waals surface area contributed by atoms with E-state index in [1.165, 1.54) is 16.3 Å². The van der Waals surface area contributed by atoms with Gasteiger partial charge >= 0.3 is 0 Å². The van der Waals surface area contributed by atoms with Crippen molar-refractivity contribution in [3.63, 3.8) is 0 Å². The lowest BCUT2D eigenvalue weighted by Crippen LogP contribution is -2.01. The Balaban J connectivity index is 1.64. The Morgan fingerprint density at radius 1 is 0.966 bits per heavy atom. The first-order valence-corrected chi connectivity index (χ1v) is 11.0. The minimum absolute atomic E-state index is 0.566. The molecule has 4 rings (SSSR count). The Morgan fingerprint density at radius 3 is 2.59 bits per heavy atom. The average Bonchev–Trinajstić information content (AvgIpc) is 3.35. The molecule has 4 aromatic rings. The molecule has 0 bridgehead atoms. The van der Waals surface area contributed by atoms with Gasteiger partial charge in [-0.05, 0) is 37.1 Å². The van der Waals surface area contributed by atoms with E-state index in [0.29, 0.717) is 12.5 Å². The zero-order chi connectivity index (χ0) is 20.2. The molecule has 0 aliphatic carbocycles. The van der Waals surface area contributed by atoms with Crippen molar-refractivity contribution >= 4 is 22.5 Å². The van der Waals surface area contributed by atoms with Crippen molar-refractivity contribution in [1.82, 2.24) is 24.5 Å². The molecule has 6 nitrogen and oxygen atoms in total. The molecule has 0 amide bonds. The number of hydrogen-bond donors (Lipinski definition) is 0. The van der Waals surface area contributed by atoms with Crippen LogP contribution in [0.2, 0.25) is 0 Å². The highest BCUT2D eigenvalue weighted by Crippen LogP contribution is 2.32. The van der Waals surface area contributed by atoms with Gasteiger partial charge in [0.15, 0.2) is 11.0 Å². The summed E-state index contributed by atoms with van der Waals surface area (Å²) in [7, 11) is 0. The van der Waals surface area contributed by atoms with Gasteiger partial charge in [0.1, 0.15) is 5.56 Å². The quantitative estimate of drug-likeness (QED) is 0.384. The lowest BCUT2D eigenvalue weighted by atomic mass is 10.1. The van der Waals surface area contributed by atoms with Gasteiger partial charge in [-0.2, -0.15) is 0 Å². The lowest BCUT2D eigenvalue weighted by molar-refractivity contribution is 0.322. The molecule has 0 spiro atoms. The van der Waals surface area contributed by atoms with Crippen molar-refractivity contribution in [3.05, 3.63) is 54.2 Å². The maximum atomic E-state index is 5.74. The van der Waals surface area contributed by atoms with Crippen molar-refractivity contribution in [1.29, 1.82) is 0 Å². The van der Waals surface area contributed by atoms with E-state index in [-0.39, 0.29) is 0 Å². The third-order valence-corrected chi connectivity index (χ3v) is 5.86. The first-order valence-electron chi connectivity index (χ1n) is 9.98. The van der Waals surface area contributed by atoms with Gasteiger partial charge in [0, 0.05) is 25.0 Å². The number of aryl methyl sites for hydroxylation is 1. The Hall–Kier alpha value is -2.80. The summed E-state index contributed by atoms with van der Waals surface area (Å²) in [6.45, 7) is 8.26. The van der Waals surface area contributed by atoms with Crippen LogP contribution in [0.1, 0.15) is 26.3 Å². The Kier molecular flexibility index (Phi) is 5.85. The first-order chi connectivity index (χ1) is 14.2. The number of nitrogens with zero attached hydrogens (tertiary/aromatic N) is 5. The smallest absolute Gasteiger partial charge is 0.243 e. The molecule has 0 unspecified atom stereocenters. The van der Waals surface area contributed by atoms with Gasteiger partial charge in [0.05, 0.1) is 6.61 Å². The van der Waals surface area contributed by atoms with Gasteiger partial charge in [0.2, 0.25) is 5.88 Å². The van der Waals surface area contributed by atoms with E-state index in [1.54, 1.807) is 11.8 Å². The topological polar surface area (TPSA) is 57.8 Å². The highest BCUT2D eigenvalue weighted by Gasteiger charge is 2.20. The number of ether oxygens (including phenoxy) is 1. The largest absolute Gasteiger partial charge is 0.476 e. The standard InChI is InChI=1S/C22H25N5OS/c1-4-26-14-19(21(25-26)28-6-3)20-23-24-22(27(20)5-2)29-15-17-12-9-11-16-10-7-8-13-18(16)17/h7-14H,4-6,15H2,1-3H3. The van der Waals surface area contributed by atoms with Crippen LogP contribution in [0.15, 0.2) is 53.8 Å². The number of benzene rings is 2. The Labute approximate surface area is 174 Å². The lowest BCUT2D eigenvalue weighted by Gasteiger charge is -2.09. The summed E-state index contributed by atoms with van der Waals surface area (Å²) >= 11 is 1.71. The van der Waals surface area contributed by atoms with Crippen LogP contribution < -0.4 is 4.74 Å². The molecule has 2 aromatic carbocycles. The minimum atomic E-state index is 0.566. The number of thioether (sulfide) groups is 1. The van der Waals surface area contributed by atoms with E-state index < -0.39 is 0 Å². The summed E-state index contributed by atoms with van der Waals surface area (Å²) in [5.74, 6) is 2.25. The molecule has 2 heterocycles. The number of aromatic nitrogens is 5. The van der Waals surface area contributed by atoms with Crippen LogP contribution >= 0.6 is 11.8 Å². The van der Waals surface area contributed by atoms with E-state index in [9.17, 15) is 0 Å². The van der Waals surface area contributed by atoms with Crippen LogP contribution in [0.3, 0.4) is 0 Å². The van der Waals surface area contributed by atoms with Crippen molar-refractivity contribution in [2.24, 2.45) is 0 Å². The Morgan fingerprint density at radius 2 is 1.79 bits per heavy atom. The van der Waals surface area contributed by atoms with E-state index in [4.69, 9.17) is 4.74 Å². The monoisotopic (exact) mass is 407 g/mol. The number of rotatable bonds is 8. The SMILES string of the molecule is CCOc1nn(CC)cc1-c1nnc(SCc2cccc3ccccc23)n1CC. The summed E-state index contributed by atoms with van der Waals surface area (Å²) in [4.78, 5) is 0. The van der Waals surface area contributed by atoms with Crippen LogP contribution in [0.4, 0.5) is 0 Å². The number of fused-ring (bicyclic) bond motifs is 1. The predicted octanol–water partition coefficient (Wildman–Crippen LogP) is 5.03. The highest BCUT2D eigenvalue weighted by molar-refractivity contribution is 7.98. The molecule has 0 radical (unpaired) electrons. The third-order valence-electron chi connectivity index (χ3n) is 4.84. The Bertz CT molecular complexity index is 1110. The second-order valence-electron chi connectivity index (χ2n) is 6.61. The summed E-state index contributed by atoms with van der Waals surface area (Å²) < 4.78 is 9.75. The molecule has 0 aliphatic rings. The second kappa shape index (κ2) is 8.69. The zero-order valence-electron chi connectivity index (χ0n) is 17.0. The molecule has 7 heteroatoms. The van der Waals surface area contributed by atoms with E-state index in [1.807, 2.05) is 17.8 Å². The van der Waals surface area contributed by atoms with Gasteiger partial charge in [-0.1, -0.05) is 54.2 Å². The van der Waals surface area contributed by atoms with Crippen LogP contribution in [0, 0.1) is 0 Å². The van der Waals surface area contributed by atoms with Gasteiger partial charge < -0.3 is 9.30 Å². The fourth-order valence-electron chi connectivity index (χ4n) is 3.40. The molecular weight excluding hydrogens is 382 g/mol. The normalized spacial score (nSPS) is 11.3. The molecular formula is C22H25N5OS. The first kappa shape index (κ1) is 19.5. The molecule has 150 valence electrons. The van der Waals surface area contributed by atoms with Crippen LogP contribution in [0.5, 0.6) is 5.88 Å². The van der Waals surface area contributed by atoms with Gasteiger partial charge in [-0.25, -0.2) is 0 Å². The molecule has 0 saturated carbocycles. The molecule has 0 aliphatic heterocycles. The molecule has 2 aromatic heterocycles. The van der Waals surface area contributed by atoms with Crippen LogP contribution in [0.25, 0.3) is 22.2 Å². The highest BCUT2D eigenvalue weighted by atomic mass is 32.2. The average molecular weight is 408 g/mol. The minimum Gasteiger partial charge on any atom is -0.476 e. The fraction of sp³-hybridized carbons (Fsp3) is 0.318. The third kappa shape index (κ3) is 3.87. The maximum Gasteiger partial charge on any atom is 0.243 e. The van der Waals surface area contributed by atoms with Gasteiger partial charge in [-0.3, -0.25) is 4.68 Å². The van der Waals surface area contributed by atoms with E-state index in [0.717, 1.165) is 35.4 Å². The maximum absolute atomic E-state index is 5.74. The van der Waals surface area contributed by atoms with Crippen molar-refractivity contribution in [2.75, 3.05) is 6.61 Å². The van der Waals surface area contributed by atoms with Gasteiger partial charge in [0.25, 0.3) is 0 Å². The van der Waals surface area contributed by atoms with E-state index >= 15 is 0 Å². The summed E-state index contributed by atoms with van der Waals surface area (Å²) in [5, 5.41) is 16.9. The molecule has 0 N–H and O–H groups in total. The predicted molar refractivity (Wildman–Crippen MR) is 117 cm³/mol.